The number of hydrogen-bond acceptors (Lipinski definition) is 4. The lowest BCUT2D eigenvalue weighted by molar-refractivity contribution is 0.110. The largest absolute Gasteiger partial charge is 0.464 e. The Balaban J connectivity index is 2.30. The molecule has 0 spiro atoms. The van der Waals surface area contributed by atoms with Crippen LogP contribution in [0.4, 0.5) is 0 Å². The molecule has 15 heavy (non-hydrogen) atoms. The zero-order chi connectivity index (χ0) is 10.7. The minimum Gasteiger partial charge on any atom is -0.464 e. The summed E-state index contributed by atoms with van der Waals surface area (Å²) in [6, 6.07) is 0.813. The fraction of sp³-hybridized carbons (Fsp3) is 0.700. The van der Waals surface area contributed by atoms with Gasteiger partial charge in [0.25, 0.3) is 0 Å². The van der Waals surface area contributed by atoms with Crippen molar-refractivity contribution in [1.29, 1.82) is 0 Å². The van der Waals surface area contributed by atoms with Crippen LogP contribution in [0.25, 0.3) is 0 Å². The molecule has 1 aromatic rings. The lowest BCUT2D eigenvalue weighted by atomic mass is 10.2. The van der Waals surface area contributed by atoms with Crippen molar-refractivity contribution in [3.63, 3.8) is 0 Å². The van der Waals surface area contributed by atoms with Gasteiger partial charge >= 0.3 is 6.01 Å². The van der Waals surface area contributed by atoms with Crippen LogP contribution >= 0.6 is 0 Å². The van der Waals surface area contributed by atoms with Crippen LogP contribution in [-0.2, 0) is 0 Å². The van der Waals surface area contributed by atoms with E-state index in [9.17, 15) is 4.79 Å². The molecule has 0 radical (unpaired) electrons. The molecule has 2 rings (SSSR count). The molecule has 0 bridgehead atoms. The smallest absolute Gasteiger partial charge is 0.317 e. The van der Waals surface area contributed by atoms with Gasteiger partial charge in [-0.05, 0) is 19.8 Å². The highest BCUT2D eigenvalue weighted by Gasteiger charge is 2.24. The highest BCUT2D eigenvalue weighted by atomic mass is 16.5. The van der Waals surface area contributed by atoms with Crippen LogP contribution in [0, 0.1) is 0 Å². The Morgan fingerprint density at radius 1 is 1.47 bits per heavy atom. The van der Waals surface area contributed by atoms with Crippen molar-refractivity contribution >= 4 is 6.29 Å². The molecule has 1 aliphatic carbocycles. The van der Waals surface area contributed by atoms with E-state index in [0.29, 0.717) is 24.5 Å². The van der Waals surface area contributed by atoms with Gasteiger partial charge in [0.1, 0.15) is 0 Å². The quantitative estimate of drug-likeness (QED) is 0.707. The Hall–Kier alpha value is -1.39. The summed E-state index contributed by atoms with van der Waals surface area (Å²) < 4.78 is 7.20. The zero-order valence-electron chi connectivity index (χ0n) is 8.85. The summed E-state index contributed by atoms with van der Waals surface area (Å²) >= 11 is 0. The number of carbonyl (C=O) groups is 1. The summed E-state index contributed by atoms with van der Waals surface area (Å²) in [5, 5.41) is 7.70. The van der Waals surface area contributed by atoms with Gasteiger partial charge in [0.15, 0.2) is 12.1 Å². The second-order valence-corrected chi connectivity index (χ2v) is 3.70. The van der Waals surface area contributed by atoms with Crippen molar-refractivity contribution in [2.45, 2.75) is 38.6 Å². The van der Waals surface area contributed by atoms with Gasteiger partial charge < -0.3 is 4.74 Å². The first-order valence-electron chi connectivity index (χ1n) is 5.39. The number of nitrogens with zero attached hydrogens (tertiary/aromatic N) is 3. The van der Waals surface area contributed by atoms with Crippen molar-refractivity contribution in [3.8, 4) is 6.01 Å². The molecule has 5 heteroatoms. The van der Waals surface area contributed by atoms with E-state index in [1.165, 1.54) is 12.8 Å². The average molecular weight is 209 g/mol. The van der Waals surface area contributed by atoms with E-state index in [1.54, 1.807) is 0 Å². The maximum atomic E-state index is 10.8. The molecule has 1 heterocycles. The molecule has 0 aliphatic heterocycles. The van der Waals surface area contributed by atoms with Crippen molar-refractivity contribution < 1.29 is 9.53 Å². The van der Waals surface area contributed by atoms with Crippen LogP contribution in [0.5, 0.6) is 6.01 Å². The first-order chi connectivity index (χ1) is 7.36. The third kappa shape index (κ3) is 1.86. The lowest BCUT2D eigenvalue weighted by Crippen LogP contribution is -2.11. The Morgan fingerprint density at radius 2 is 2.20 bits per heavy atom. The zero-order valence-corrected chi connectivity index (χ0v) is 8.85. The van der Waals surface area contributed by atoms with Crippen LogP contribution in [0.1, 0.15) is 49.3 Å². The molecule has 1 saturated carbocycles. The second-order valence-electron chi connectivity index (χ2n) is 3.70. The number of ether oxygens (including phenoxy) is 1. The fourth-order valence-electron chi connectivity index (χ4n) is 2.10. The van der Waals surface area contributed by atoms with Crippen LogP contribution < -0.4 is 4.74 Å². The van der Waals surface area contributed by atoms with E-state index in [1.807, 2.05) is 11.5 Å². The highest BCUT2D eigenvalue weighted by molar-refractivity contribution is 5.69. The number of carbonyl (C=O) groups excluding carboxylic acids is 1. The van der Waals surface area contributed by atoms with E-state index >= 15 is 0 Å². The van der Waals surface area contributed by atoms with Gasteiger partial charge in [-0.25, -0.2) is 0 Å². The Labute approximate surface area is 88.4 Å². The summed E-state index contributed by atoms with van der Waals surface area (Å²) in [5.74, 6) is 0.380. The molecule has 0 saturated heterocycles. The summed E-state index contributed by atoms with van der Waals surface area (Å²) in [7, 11) is 0. The molecule has 1 aliphatic rings. The third-order valence-corrected chi connectivity index (χ3v) is 2.76. The van der Waals surface area contributed by atoms with Gasteiger partial charge in [-0.1, -0.05) is 17.9 Å². The summed E-state index contributed by atoms with van der Waals surface area (Å²) in [5.41, 5.74) is 0. The fourth-order valence-corrected chi connectivity index (χ4v) is 2.10. The topological polar surface area (TPSA) is 57.0 Å². The number of aldehydes is 1. The molecular weight excluding hydrogens is 194 g/mol. The predicted octanol–water partition coefficient (Wildman–Crippen LogP) is 1.60. The van der Waals surface area contributed by atoms with E-state index in [0.717, 1.165) is 19.1 Å². The molecule has 1 aromatic heterocycles. The number of hydrogen-bond donors (Lipinski definition) is 0. The highest BCUT2D eigenvalue weighted by Crippen LogP contribution is 2.32. The minimum absolute atomic E-state index is 0.335. The van der Waals surface area contributed by atoms with Gasteiger partial charge in [0, 0.05) is 6.04 Å². The van der Waals surface area contributed by atoms with Gasteiger partial charge in [-0.3, -0.25) is 9.36 Å². The molecular formula is C10H15N3O2. The van der Waals surface area contributed by atoms with E-state index in [2.05, 4.69) is 10.2 Å². The standard InChI is InChI=1S/C10H15N3O2/c1-2-15-10-12-11-9(7-14)13(10)8-5-3-4-6-8/h7-8H,2-6H2,1H3. The SMILES string of the molecule is CCOc1nnc(C=O)n1C1CCCC1. The Bertz CT molecular complexity index is 342. The molecule has 0 unspecified atom stereocenters. The summed E-state index contributed by atoms with van der Waals surface area (Å²) in [6.45, 7) is 2.44. The summed E-state index contributed by atoms with van der Waals surface area (Å²) in [4.78, 5) is 10.8. The molecule has 82 valence electrons. The monoisotopic (exact) mass is 209 g/mol. The van der Waals surface area contributed by atoms with Crippen molar-refractivity contribution in [1.82, 2.24) is 14.8 Å². The van der Waals surface area contributed by atoms with Crippen LogP contribution in [0.3, 0.4) is 0 Å². The van der Waals surface area contributed by atoms with Crippen LogP contribution in [0.2, 0.25) is 0 Å². The van der Waals surface area contributed by atoms with Crippen molar-refractivity contribution in [2.75, 3.05) is 6.61 Å². The molecule has 1 fully saturated rings. The predicted molar refractivity (Wildman–Crippen MR) is 54.1 cm³/mol. The van der Waals surface area contributed by atoms with Gasteiger partial charge in [-0.2, -0.15) is 0 Å². The van der Waals surface area contributed by atoms with Gasteiger partial charge in [0.05, 0.1) is 6.61 Å². The maximum absolute atomic E-state index is 10.8. The first kappa shape index (κ1) is 10.1. The normalized spacial score (nSPS) is 16.9. The molecule has 0 aromatic carbocycles. The molecule has 0 N–H and O–H groups in total. The van der Waals surface area contributed by atoms with Crippen LogP contribution in [0.15, 0.2) is 0 Å². The third-order valence-electron chi connectivity index (χ3n) is 2.76. The average Bonchev–Trinajstić information content (AvgIpc) is 2.85. The van der Waals surface area contributed by atoms with Crippen molar-refractivity contribution in [3.05, 3.63) is 5.82 Å². The van der Waals surface area contributed by atoms with Crippen LogP contribution in [-0.4, -0.2) is 27.7 Å². The van der Waals surface area contributed by atoms with E-state index < -0.39 is 0 Å². The number of rotatable bonds is 4. The second kappa shape index (κ2) is 4.42. The van der Waals surface area contributed by atoms with E-state index in [-0.39, 0.29) is 0 Å². The first-order valence-corrected chi connectivity index (χ1v) is 5.39. The van der Waals surface area contributed by atoms with Gasteiger partial charge in [-0.15, -0.1) is 5.10 Å². The Kier molecular flexibility index (Phi) is 2.99. The molecule has 0 atom stereocenters. The maximum Gasteiger partial charge on any atom is 0.317 e. The minimum atomic E-state index is 0.335. The molecule has 5 nitrogen and oxygen atoms in total. The molecule has 0 amide bonds. The summed E-state index contributed by atoms with van der Waals surface area (Å²) in [6.07, 6.45) is 5.31. The van der Waals surface area contributed by atoms with Gasteiger partial charge in [0.2, 0.25) is 0 Å². The van der Waals surface area contributed by atoms with Crippen molar-refractivity contribution in [2.24, 2.45) is 0 Å². The number of aromatic nitrogens is 3. The van der Waals surface area contributed by atoms with E-state index in [4.69, 9.17) is 4.74 Å². The Morgan fingerprint density at radius 3 is 2.80 bits per heavy atom. The lowest BCUT2D eigenvalue weighted by Gasteiger charge is -2.14.